The van der Waals surface area contributed by atoms with E-state index in [9.17, 15) is 4.21 Å². The van der Waals surface area contributed by atoms with Crippen molar-refractivity contribution in [3.63, 3.8) is 0 Å². The molecule has 1 aromatic rings. The first-order chi connectivity index (χ1) is 7.59. The summed E-state index contributed by atoms with van der Waals surface area (Å²) in [5.74, 6) is 1.25. The van der Waals surface area contributed by atoms with Gasteiger partial charge in [0, 0.05) is 16.7 Å². The molecule has 2 nitrogen and oxygen atoms in total. The lowest BCUT2D eigenvalue weighted by Gasteiger charge is -2.15. The second-order valence-electron chi connectivity index (χ2n) is 4.75. The van der Waals surface area contributed by atoms with Crippen molar-refractivity contribution in [2.24, 2.45) is 5.73 Å². The second-order valence-corrected chi connectivity index (χ2v) is 6.29. The minimum Gasteiger partial charge on any atom is -0.324 e. The van der Waals surface area contributed by atoms with Crippen molar-refractivity contribution in [2.45, 2.75) is 43.5 Å². The summed E-state index contributed by atoms with van der Waals surface area (Å²) in [4.78, 5) is 0.953. The van der Waals surface area contributed by atoms with E-state index in [-0.39, 0.29) is 6.04 Å². The highest BCUT2D eigenvalue weighted by atomic mass is 32.2. The molecule has 0 saturated heterocycles. The van der Waals surface area contributed by atoms with Crippen LogP contribution in [0.25, 0.3) is 0 Å². The van der Waals surface area contributed by atoms with Gasteiger partial charge >= 0.3 is 0 Å². The molecule has 0 aliphatic carbocycles. The first kappa shape index (κ1) is 11.8. The Morgan fingerprint density at radius 2 is 2.19 bits per heavy atom. The van der Waals surface area contributed by atoms with Crippen LogP contribution in [0.15, 0.2) is 23.1 Å². The Balaban J connectivity index is 2.50. The van der Waals surface area contributed by atoms with Crippen LogP contribution >= 0.6 is 0 Å². The zero-order valence-electron chi connectivity index (χ0n) is 9.90. The highest BCUT2D eigenvalue weighted by Gasteiger charge is 2.20. The van der Waals surface area contributed by atoms with Gasteiger partial charge in [-0.15, -0.1) is 0 Å². The van der Waals surface area contributed by atoms with Crippen LogP contribution < -0.4 is 5.73 Å². The lowest BCUT2D eigenvalue weighted by Crippen LogP contribution is -2.11. The Labute approximate surface area is 99.7 Å². The average Bonchev–Trinajstić information content (AvgIpc) is 2.40. The highest BCUT2D eigenvalue weighted by molar-refractivity contribution is 7.85. The predicted octanol–water partition coefficient (Wildman–Crippen LogP) is 2.71. The van der Waals surface area contributed by atoms with E-state index in [4.69, 9.17) is 5.73 Å². The zero-order chi connectivity index (χ0) is 11.7. The lowest BCUT2D eigenvalue weighted by atomic mass is 9.96. The van der Waals surface area contributed by atoms with Crippen LogP contribution in [0.5, 0.6) is 0 Å². The van der Waals surface area contributed by atoms with Crippen molar-refractivity contribution in [3.05, 3.63) is 29.3 Å². The van der Waals surface area contributed by atoms with Crippen LogP contribution in [-0.2, 0) is 10.8 Å². The number of nitrogens with two attached hydrogens (primary N) is 1. The van der Waals surface area contributed by atoms with Gasteiger partial charge in [0.15, 0.2) is 0 Å². The Kier molecular flexibility index (Phi) is 3.45. The van der Waals surface area contributed by atoms with Crippen molar-refractivity contribution in [3.8, 4) is 0 Å². The molecule has 88 valence electrons. The molecule has 1 aromatic carbocycles. The molecule has 0 spiro atoms. The number of hydrogen-bond acceptors (Lipinski definition) is 2. The fraction of sp³-hybridized carbons (Fsp3) is 0.538. The van der Waals surface area contributed by atoms with Crippen LogP contribution in [0.2, 0.25) is 0 Å². The molecule has 0 bridgehead atoms. The van der Waals surface area contributed by atoms with Crippen LogP contribution in [0.3, 0.4) is 0 Å². The summed E-state index contributed by atoms with van der Waals surface area (Å²) in [7, 11) is -0.855. The Morgan fingerprint density at radius 3 is 2.88 bits per heavy atom. The molecule has 1 aliphatic heterocycles. The zero-order valence-corrected chi connectivity index (χ0v) is 10.7. The van der Waals surface area contributed by atoms with E-state index in [1.165, 1.54) is 5.56 Å². The van der Waals surface area contributed by atoms with E-state index in [0.29, 0.717) is 5.92 Å². The molecular formula is C13H19NOS. The largest absolute Gasteiger partial charge is 0.324 e. The Bertz CT molecular complexity index is 414. The second kappa shape index (κ2) is 4.68. The molecule has 2 unspecified atom stereocenters. The standard InChI is InChI=1S/C13H19NOS/c1-9(2)10-5-6-13-11(8-10)12(14)4-3-7-16(13)15/h5-6,8-9,12H,3-4,7,14H2,1-2H3. The molecule has 2 atom stereocenters. The summed E-state index contributed by atoms with van der Waals surface area (Å²) in [6.07, 6.45) is 1.90. The third kappa shape index (κ3) is 2.20. The summed E-state index contributed by atoms with van der Waals surface area (Å²) in [6.45, 7) is 4.34. The van der Waals surface area contributed by atoms with Crippen LogP contribution in [-0.4, -0.2) is 9.96 Å². The van der Waals surface area contributed by atoms with E-state index in [0.717, 1.165) is 29.1 Å². The fourth-order valence-corrected chi connectivity index (χ4v) is 3.46. The summed E-state index contributed by atoms with van der Waals surface area (Å²) in [6, 6.07) is 6.29. The molecule has 1 heterocycles. The van der Waals surface area contributed by atoms with Gasteiger partial charge in [-0.2, -0.15) is 0 Å². The van der Waals surface area contributed by atoms with Gasteiger partial charge in [0.25, 0.3) is 0 Å². The third-order valence-corrected chi connectivity index (χ3v) is 4.71. The van der Waals surface area contributed by atoms with Crippen molar-refractivity contribution in [1.82, 2.24) is 0 Å². The van der Waals surface area contributed by atoms with Gasteiger partial charge in [-0.25, -0.2) is 0 Å². The summed E-state index contributed by atoms with van der Waals surface area (Å²) in [5, 5.41) is 0. The van der Waals surface area contributed by atoms with Gasteiger partial charge in [-0.3, -0.25) is 4.21 Å². The minimum atomic E-state index is -0.855. The molecular weight excluding hydrogens is 218 g/mol. The highest BCUT2D eigenvalue weighted by Crippen LogP contribution is 2.30. The van der Waals surface area contributed by atoms with Crippen molar-refractivity contribution >= 4 is 10.8 Å². The first-order valence-electron chi connectivity index (χ1n) is 5.87. The van der Waals surface area contributed by atoms with E-state index in [2.05, 4.69) is 26.0 Å². The maximum Gasteiger partial charge on any atom is 0.0532 e. The summed E-state index contributed by atoms with van der Waals surface area (Å²) >= 11 is 0. The molecule has 0 amide bonds. The SMILES string of the molecule is CC(C)c1ccc2c(c1)C(N)CCCS2=O. The van der Waals surface area contributed by atoms with Crippen molar-refractivity contribution < 1.29 is 4.21 Å². The van der Waals surface area contributed by atoms with Gasteiger partial charge in [-0.1, -0.05) is 26.0 Å². The molecule has 3 heteroatoms. The molecule has 2 N–H and O–H groups in total. The summed E-state index contributed by atoms with van der Waals surface area (Å²) in [5.41, 5.74) is 8.53. The first-order valence-corrected chi connectivity index (χ1v) is 7.19. The molecule has 16 heavy (non-hydrogen) atoms. The van der Waals surface area contributed by atoms with Gasteiger partial charge in [-0.05, 0) is 36.0 Å². The third-order valence-electron chi connectivity index (χ3n) is 3.19. The fourth-order valence-electron chi connectivity index (χ4n) is 2.12. The smallest absolute Gasteiger partial charge is 0.0532 e. The number of rotatable bonds is 1. The van der Waals surface area contributed by atoms with Crippen LogP contribution in [0.1, 0.15) is 49.8 Å². The van der Waals surface area contributed by atoms with E-state index >= 15 is 0 Å². The molecule has 0 aromatic heterocycles. The maximum absolute atomic E-state index is 12.0. The molecule has 1 aliphatic rings. The van der Waals surface area contributed by atoms with Gasteiger partial charge in [0.05, 0.1) is 10.8 Å². The monoisotopic (exact) mass is 237 g/mol. The Hall–Kier alpha value is -0.670. The molecule has 0 saturated carbocycles. The number of fused-ring (bicyclic) bond motifs is 1. The molecule has 0 radical (unpaired) electrons. The van der Waals surface area contributed by atoms with Gasteiger partial charge < -0.3 is 5.73 Å². The van der Waals surface area contributed by atoms with Gasteiger partial charge in [0.1, 0.15) is 0 Å². The van der Waals surface area contributed by atoms with Crippen LogP contribution in [0.4, 0.5) is 0 Å². The topological polar surface area (TPSA) is 43.1 Å². The predicted molar refractivity (Wildman–Crippen MR) is 68.0 cm³/mol. The number of benzene rings is 1. The van der Waals surface area contributed by atoms with E-state index in [1.54, 1.807) is 0 Å². The molecule has 0 fully saturated rings. The minimum absolute atomic E-state index is 0.0557. The average molecular weight is 237 g/mol. The molecule has 2 rings (SSSR count). The van der Waals surface area contributed by atoms with Crippen LogP contribution in [0, 0.1) is 0 Å². The quantitative estimate of drug-likeness (QED) is 0.816. The van der Waals surface area contributed by atoms with Gasteiger partial charge in [0.2, 0.25) is 0 Å². The van der Waals surface area contributed by atoms with Crippen molar-refractivity contribution in [1.29, 1.82) is 0 Å². The lowest BCUT2D eigenvalue weighted by molar-refractivity contribution is 0.637. The maximum atomic E-state index is 12.0. The number of hydrogen-bond donors (Lipinski definition) is 1. The van der Waals surface area contributed by atoms with E-state index < -0.39 is 10.8 Å². The normalized spacial score (nSPS) is 25.2. The Morgan fingerprint density at radius 1 is 1.44 bits per heavy atom. The van der Waals surface area contributed by atoms with E-state index in [1.807, 2.05) is 6.07 Å². The van der Waals surface area contributed by atoms with Crippen molar-refractivity contribution in [2.75, 3.05) is 5.75 Å². The summed E-state index contributed by atoms with van der Waals surface area (Å²) < 4.78 is 12.0.